The van der Waals surface area contributed by atoms with Crippen molar-refractivity contribution in [3.05, 3.63) is 58.7 Å². The second-order valence-corrected chi connectivity index (χ2v) is 8.54. The van der Waals surface area contributed by atoms with Crippen LogP contribution in [0, 0.1) is 11.6 Å². The number of ether oxygens (including phenoxy) is 1. The SMILES string of the molecule is COc1cc(-c2cc(C(F)(F)F)nn2-c2cc(F)c(S(C)(=O)=O)c(F)c2)ccc1Cl. The van der Waals surface area contributed by atoms with Crippen LogP contribution < -0.4 is 4.74 Å². The van der Waals surface area contributed by atoms with E-state index in [0.717, 1.165) is 0 Å². The Morgan fingerprint density at radius 1 is 1.07 bits per heavy atom. The molecule has 0 N–H and O–H groups in total. The van der Waals surface area contributed by atoms with Crippen LogP contribution >= 0.6 is 11.6 Å². The Balaban J connectivity index is 2.29. The maximum absolute atomic E-state index is 14.3. The standard InChI is InChI=1S/C18H12ClF5N2O3S/c1-29-15-5-9(3-4-11(15)19)14-8-16(18(22,23)24)25-26(14)10-6-12(20)17(13(21)7-10)30(2,27)28/h3-8H,1-2H3. The number of hydrogen-bond donors (Lipinski definition) is 0. The molecule has 0 spiro atoms. The molecule has 3 rings (SSSR count). The highest BCUT2D eigenvalue weighted by Gasteiger charge is 2.35. The number of rotatable bonds is 4. The quantitative estimate of drug-likeness (QED) is 0.513. The van der Waals surface area contributed by atoms with Gasteiger partial charge in [-0.2, -0.15) is 18.3 Å². The predicted molar refractivity (Wildman–Crippen MR) is 98.6 cm³/mol. The van der Waals surface area contributed by atoms with Crippen LogP contribution in [0.15, 0.2) is 41.3 Å². The molecule has 0 saturated heterocycles. The van der Waals surface area contributed by atoms with Crippen LogP contribution in [0.3, 0.4) is 0 Å². The average Bonchev–Trinajstić information content (AvgIpc) is 3.06. The number of benzene rings is 2. The minimum absolute atomic E-state index is 0.153. The van der Waals surface area contributed by atoms with Gasteiger partial charge in [0.25, 0.3) is 0 Å². The van der Waals surface area contributed by atoms with Crippen LogP contribution in [0.25, 0.3) is 16.9 Å². The summed E-state index contributed by atoms with van der Waals surface area (Å²) in [6, 6.07) is 5.92. The molecule has 3 aromatic rings. The van der Waals surface area contributed by atoms with E-state index in [0.29, 0.717) is 29.1 Å². The lowest BCUT2D eigenvalue weighted by Gasteiger charge is -2.11. The van der Waals surface area contributed by atoms with E-state index < -0.39 is 43.9 Å². The number of halogens is 6. The molecule has 1 heterocycles. The lowest BCUT2D eigenvalue weighted by atomic mass is 10.1. The first-order chi connectivity index (χ1) is 13.8. The highest BCUT2D eigenvalue weighted by molar-refractivity contribution is 7.90. The Morgan fingerprint density at radius 3 is 2.17 bits per heavy atom. The molecule has 30 heavy (non-hydrogen) atoms. The van der Waals surface area contributed by atoms with Crippen LogP contribution in [0.5, 0.6) is 5.75 Å². The summed E-state index contributed by atoms with van der Waals surface area (Å²) < 4.78 is 97.2. The molecule has 0 saturated carbocycles. The summed E-state index contributed by atoms with van der Waals surface area (Å²) in [5, 5.41) is 3.61. The first-order valence-corrected chi connectivity index (χ1v) is 10.3. The fraction of sp³-hybridized carbons (Fsp3) is 0.167. The highest BCUT2D eigenvalue weighted by atomic mass is 35.5. The van der Waals surface area contributed by atoms with Crippen LogP contribution in [-0.4, -0.2) is 31.6 Å². The third-order valence-electron chi connectivity index (χ3n) is 4.05. The van der Waals surface area contributed by atoms with Gasteiger partial charge in [-0.05, 0) is 18.2 Å². The highest BCUT2D eigenvalue weighted by Crippen LogP contribution is 2.36. The molecule has 0 fully saturated rings. The molecular formula is C18H12ClF5N2O3S. The van der Waals surface area contributed by atoms with Gasteiger partial charge >= 0.3 is 6.18 Å². The summed E-state index contributed by atoms with van der Waals surface area (Å²) >= 11 is 5.94. The largest absolute Gasteiger partial charge is 0.495 e. The molecule has 0 atom stereocenters. The number of sulfone groups is 1. The molecule has 0 amide bonds. The van der Waals surface area contributed by atoms with Gasteiger partial charge in [-0.25, -0.2) is 21.9 Å². The maximum atomic E-state index is 14.3. The third-order valence-corrected chi connectivity index (χ3v) is 5.49. The number of alkyl halides is 3. The lowest BCUT2D eigenvalue weighted by Crippen LogP contribution is -2.10. The summed E-state index contributed by atoms with van der Waals surface area (Å²) in [5.41, 5.74) is -1.79. The molecule has 0 aliphatic carbocycles. The second-order valence-electron chi connectivity index (χ2n) is 6.18. The van der Waals surface area contributed by atoms with Crippen molar-refractivity contribution in [2.45, 2.75) is 11.1 Å². The molecule has 2 aromatic carbocycles. The van der Waals surface area contributed by atoms with Crippen molar-refractivity contribution in [2.75, 3.05) is 13.4 Å². The minimum Gasteiger partial charge on any atom is -0.495 e. The van der Waals surface area contributed by atoms with E-state index in [4.69, 9.17) is 16.3 Å². The number of methoxy groups -OCH3 is 1. The van der Waals surface area contributed by atoms with Crippen molar-refractivity contribution in [2.24, 2.45) is 0 Å². The smallest absolute Gasteiger partial charge is 0.435 e. The van der Waals surface area contributed by atoms with Crippen molar-refractivity contribution in [1.82, 2.24) is 9.78 Å². The fourth-order valence-corrected chi connectivity index (χ4v) is 3.79. The fourth-order valence-electron chi connectivity index (χ4n) is 2.76. The summed E-state index contributed by atoms with van der Waals surface area (Å²) in [6.45, 7) is 0. The first-order valence-electron chi connectivity index (χ1n) is 8.03. The normalized spacial score (nSPS) is 12.3. The van der Waals surface area contributed by atoms with Gasteiger partial charge in [0.05, 0.1) is 23.5 Å². The zero-order valence-electron chi connectivity index (χ0n) is 15.3. The maximum Gasteiger partial charge on any atom is 0.435 e. The van der Waals surface area contributed by atoms with Gasteiger partial charge < -0.3 is 4.74 Å². The molecule has 5 nitrogen and oxygen atoms in total. The second kappa shape index (κ2) is 7.55. The summed E-state index contributed by atoms with van der Waals surface area (Å²) in [6.07, 6.45) is -4.24. The molecule has 0 radical (unpaired) electrons. The van der Waals surface area contributed by atoms with Gasteiger partial charge in [0.1, 0.15) is 22.3 Å². The number of hydrogen-bond acceptors (Lipinski definition) is 4. The average molecular weight is 467 g/mol. The molecule has 160 valence electrons. The Kier molecular flexibility index (Phi) is 5.54. The van der Waals surface area contributed by atoms with E-state index in [2.05, 4.69) is 5.10 Å². The van der Waals surface area contributed by atoms with Crippen LogP contribution in [-0.2, 0) is 16.0 Å². The van der Waals surface area contributed by atoms with Crippen molar-refractivity contribution < 1.29 is 35.1 Å². The van der Waals surface area contributed by atoms with E-state index in [1.165, 1.54) is 25.3 Å². The van der Waals surface area contributed by atoms with E-state index in [-0.39, 0.29) is 22.0 Å². The van der Waals surface area contributed by atoms with Crippen molar-refractivity contribution >= 4 is 21.4 Å². The van der Waals surface area contributed by atoms with Gasteiger partial charge in [0, 0.05) is 24.0 Å². The lowest BCUT2D eigenvalue weighted by molar-refractivity contribution is -0.141. The van der Waals surface area contributed by atoms with Crippen molar-refractivity contribution in [3.63, 3.8) is 0 Å². The van der Waals surface area contributed by atoms with Gasteiger partial charge in [0.2, 0.25) is 0 Å². The number of aromatic nitrogens is 2. The van der Waals surface area contributed by atoms with Gasteiger partial charge in [-0.3, -0.25) is 0 Å². The Morgan fingerprint density at radius 2 is 1.67 bits per heavy atom. The van der Waals surface area contributed by atoms with Crippen molar-refractivity contribution in [1.29, 1.82) is 0 Å². The Hall–Kier alpha value is -2.66. The minimum atomic E-state index is -4.85. The Bertz CT molecular complexity index is 1220. The summed E-state index contributed by atoms with van der Waals surface area (Å²) in [7, 11) is -2.94. The Labute approximate surface area is 172 Å². The predicted octanol–water partition coefficient (Wildman–Crippen LogP) is 4.90. The van der Waals surface area contributed by atoms with Gasteiger partial charge in [0.15, 0.2) is 15.5 Å². The zero-order chi connectivity index (χ0) is 22.4. The molecule has 0 bridgehead atoms. The summed E-state index contributed by atoms with van der Waals surface area (Å²) in [5.74, 6) is -2.77. The van der Waals surface area contributed by atoms with Crippen molar-refractivity contribution in [3.8, 4) is 22.7 Å². The molecular weight excluding hydrogens is 455 g/mol. The van der Waals surface area contributed by atoms with Gasteiger partial charge in [-0.1, -0.05) is 17.7 Å². The molecule has 12 heteroatoms. The van der Waals surface area contributed by atoms with E-state index in [9.17, 15) is 30.4 Å². The molecule has 0 aliphatic rings. The van der Waals surface area contributed by atoms with E-state index in [1.54, 1.807) is 0 Å². The van der Waals surface area contributed by atoms with E-state index >= 15 is 0 Å². The molecule has 0 unspecified atom stereocenters. The van der Waals surface area contributed by atoms with Crippen LogP contribution in [0.2, 0.25) is 5.02 Å². The monoisotopic (exact) mass is 466 g/mol. The van der Waals surface area contributed by atoms with Gasteiger partial charge in [-0.15, -0.1) is 0 Å². The summed E-state index contributed by atoms with van der Waals surface area (Å²) in [4.78, 5) is -1.19. The molecule has 0 aliphatic heterocycles. The van der Waals surface area contributed by atoms with Crippen LogP contribution in [0.1, 0.15) is 5.69 Å². The van der Waals surface area contributed by atoms with E-state index in [1.807, 2.05) is 0 Å². The first kappa shape index (κ1) is 22.0. The van der Waals surface area contributed by atoms with Crippen LogP contribution in [0.4, 0.5) is 22.0 Å². The number of nitrogens with zero attached hydrogens (tertiary/aromatic N) is 2. The third kappa shape index (κ3) is 4.12. The molecule has 1 aromatic heterocycles. The topological polar surface area (TPSA) is 61.2 Å². The zero-order valence-corrected chi connectivity index (χ0v) is 16.8.